The second-order valence-electron chi connectivity index (χ2n) is 6.15. The van der Waals surface area contributed by atoms with Crippen LogP contribution in [0.2, 0.25) is 0 Å². The Kier molecular flexibility index (Phi) is 2.73. The first-order chi connectivity index (χ1) is 9.81. The molecule has 0 N–H and O–H groups in total. The number of benzene rings is 2. The van der Waals surface area contributed by atoms with Crippen molar-refractivity contribution in [2.24, 2.45) is 11.8 Å². The summed E-state index contributed by atoms with van der Waals surface area (Å²) in [6.45, 7) is 0. The van der Waals surface area contributed by atoms with E-state index >= 15 is 0 Å². The summed E-state index contributed by atoms with van der Waals surface area (Å²) in [7, 11) is 0. The molecule has 20 heavy (non-hydrogen) atoms. The minimum absolute atomic E-state index is 0.215. The highest BCUT2D eigenvalue weighted by Crippen LogP contribution is 2.34. The van der Waals surface area contributed by atoms with Crippen LogP contribution in [-0.2, 0) is 30.5 Å². The number of hydrogen-bond acceptors (Lipinski definition) is 1. The van der Waals surface area contributed by atoms with E-state index < -0.39 is 0 Å². The quantitative estimate of drug-likeness (QED) is 0.811. The molecule has 2 aliphatic rings. The van der Waals surface area contributed by atoms with Crippen LogP contribution in [0, 0.1) is 11.8 Å². The lowest BCUT2D eigenvalue weighted by Crippen LogP contribution is -2.24. The molecule has 0 fully saturated rings. The fourth-order valence-electron chi connectivity index (χ4n) is 3.85. The smallest absolute Gasteiger partial charge is 0.140 e. The number of hydrogen-bond donors (Lipinski definition) is 0. The van der Waals surface area contributed by atoms with E-state index in [9.17, 15) is 4.79 Å². The lowest BCUT2D eigenvalue weighted by atomic mass is 9.89. The normalized spacial score (nSPS) is 18.0. The third-order valence-corrected chi connectivity index (χ3v) is 4.91. The van der Waals surface area contributed by atoms with Crippen molar-refractivity contribution in [3.63, 3.8) is 0 Å². The molecule has 0 bridgehead atoms. The van der Waals surface area contributed by atoms with Gasteiger partial charge in [-0.25, -0.2) is 0 Å². The average molecular weight is 262 g/mol. The zero-order valence-corrected chi connectivity index (χ0v) is 11.5. The standard InChI is InChI=1S/C19H18O/c20-19(17-9-13-5-1-2-6-14(13)10-17)18-11-15-7-3-4-8-16(15)12-18/h1-8,17-18H,9-12H2. The van der Waals surface area contributed by atoms with Gasteiger partial charge < -0.3 is 0 Å². The lowest BCUT2D eigenvalue weighted by molar-refractivity contribution is -0.126. The highest BCUT2D eigenvalue weighted by molar-refractivity contribution is 5.86. The molecule has 100 valence electrons. The zero-order chi connectivity index (χ0) is 13.5. The van der Waals surface area contributed by atoms with E-state index in [0.717, 1.165) is 25.7 Å². The predicted molar refractivity (Wildman–Crippen MR) is 79.7 cm³/mol. The van der Waals surface area contributed by atoms with Crippen LogP contribution in [0.3, 0.4) is 0 Å². The first kappa shape index (κ1) is 11.9. The highest BCUT2D eigenvalue weighted by atomic mass is 16.1. The Balaban J connectivity index is 1.51. The van der Waals surface area contributed by atoms with Gasteiger partial charge in [-0.15, -0.1) is 0 Å². The van der Waals surface area contributed by atoms with E-state index in [2.05, 4.69) is 48.5 Å². The van der Waals surface area contributed by atoms with Gasteiger partial charge in [0.25, 0.3) is 0 Å². The molecule has 4 rings (SSSR count). The molecule has 0 spiro atoms. The molecule has 2 aromatic rings. The van der Waals surface area contributed by atoms with Gasteiger partial charge in [-0.1, -0.05) is 48.5 Å². The van der Waals surface area contributed by atoms with Crippen LogP contribution < -0.4 is 0 Å². The van der Waals surface area contributed by atoms with Crippen molar-refractivity contribution in [3.8, 4) is 0 Å². The number of rotatable bonds is 2. The summed E-state index contributed by atoms with van der Waals surface area (Å²) in [6.07, 6.45) is 3.79. The topological polar surface area (TPSA) is 17.1 Å². The number of carbonyl (C=O) groups excluding carboxylic acids is 1. The van der Waals surface area contributed by atoms with Crippen molar-refractivity contribution in [3.05, 3.63) is 70.8 Å². The highest BCUT2D eigenvalue weighted by Gasteiger charge is 2.34. The molecular weight excluding hydrogens is 244 g/mol. The molecule has 0 aromatic heterocycles. The number of Topliss-reactive ketones (excluding diaryl/α,β-unsaturated/α-hetero) is 1. The van der Waals surface area contributed by atoms with Crippen LogP contribution >= 0.6 is 0 Å². The predicted octanol–water partition coefficient (Wildman–Crippen LogP) is 3.39. The Morgan fingerprint density at radius 1 is 0.650 bits per heavy atom. The van der Waals surface area contributed by atoms with Gasteiger partial charge in [-0.3, -0.25) is 4.79 Å². The SMILES string of the molecule is O=C(C1Cc2ccccc2C1)C1Cc2ccccc2C1. The number of fused-ring (bicyclic) bond motifs is 2. The Morgan fingerprint density at radius 2 is 0.950 bits per heavy atom. The van der Waals surface area contributed by atoms with Crippen LogP contribution in [0.5, 0.6) is 0 Å². The molecule has 0 amide bonds. The summed E-state index contributed by atoms with van der Waals surface area (Å²) in [5.74, 6) is 0.913. The van der Waals surface area contributed by atoms with E-state index in [4.69, 9.17) is 0 Å². The van der Waals surface area contributed by atoms with Gasteiger partial charge in [0.15, 0.2) is 0 Å². The van der Waals surface area contributed by atoms with Crippen molar-refractivity contribution in [1.29, 1.82) is 0 Å². The van der Waals surface area contributed by atoms with Gasteiger partial charge in [-0.05, 0) is 47.9 Å². The summed E-state index contributed by atoms with van der Waals surface area (Å²) >= 11 is 0. The fraction of sp³-hybridized carbons (Fsp3) is 0.316. The Bertz CT molecular complexity index is 563. The molecule has 1 heteroatoms. The molecule has 0 atom stereocenters. The van der Waals surface area contributed by atoms with Crippen molar-refractivity contribution in [2.45, 2.75) is 25.7 Å². The van der Waals surface area contributed by atoms with Crippen LogP contribution in [0.4, 0.5) is 0 Å². The van der Waals surface area contributed by atoms with E-state index in [0.29, 0.717) is 5.78 Å². The molecule has 1 nitrogen and oxygen atoms in total. The molecular formula is C19H18O. The van der Waals surface area contributed by atoms with E-state index in [1.807, 2.05) is 0 Å². The monoisotopic (exact) mass is 262 g/mol. The molecule has 0 unspecified atom stereocenters. The molecule has 2 aromatic carbocycles. The van der Waals surface area contributed by atoms with Gasteiger partial charge in [0, 0.05) is 11.8 Å². The summed E-state index contributed by atoms with van der Waals surface area (Å²) in [5.41, 5.74) is 5.51. The average Bonchev–Trinajstić information content (AvgIpc) is 3.10. The first-order valence-corrected chi connectivity index (χ1v) is 7.48. The lowest BCUT2D eigenvalue weighted by Gasteiger charge is -2.13. The van der Waals surface area contributed by atoms with Crippen LogP contribution in [-0.4, -0.2) is 5.78 Å². The Morgan fingerprint density at radius 3 is 1.25 bits per heavy atom. The van der Waals surface area contributed by atoms with Crippen LogP contribution in [0.15, 0.2) is 48.5 Å². The van der Waals surface area contributed by atoms with Gasteiger partial charge in [0.2, 0.25) is 0 Å². The third-order valence-electron chi connectivity index (χ3n) is 4.91. The second kappa shape index (κ2) is 4.59. The van der Waals surface area contributed by atoms with Crippen molar-refractivity contribution < 1.29 is 4.79 Å². The molecule has 0 saturated carbocycles. The molecule has 0 radical (unpaired) electrons. The summed E-state index contributed by atoms with van der Waals surface area (Å²) in [4.78, 5) is 12.8. The second-order valence-corrected chi connectivity index (χ2v) is 6.15. The summed E-state index contributed by atoms with van der Waals surface area (Å²) in [6, 6.07) is 17.0. The first-order valence-electron chi connectivity index (χ1n) is 7.48. The van der Waals surface area contributed by atoms with Crippen molar-refractivity contribution >= 4 is 5.78 Å². The van der Waals surface area contributed by atoms with Gasteiger partial charge in [0.05, 0.1) is 0 Å². The van der Waals surface area contributed by atoms with E-state index in [-0.39, 0.29) is 11.8 Å². The van der Waals surface area contributed by atoms with Gasteiger partial charge in [0.1, 0.15) is 5.78 Å². The zero-order valence-electron chi connectivity index (χ0n) is 11.5. The van der Waals surface area contributed by atoms with Gasteiger partial charge >= 0.3 is 0 Å². The van der Waals surface area contributed by atoms with Crippen LogP contribution in [0.25, 0.3) is 0 Å². The maximum absolute atomic E-state index is 12.8. The fourth-order valence-corrected chi connectivity index (χ4v) is 3.85. The maximum Gasteiger partial charge on any atom is 0.140 e. The van der Waals surface area contributed by atoms with Gasteiger partial charge in [-0.2, -0.15) is 0 Å². The number of carbonyl (C=O) groups is 1. The molecule has 0 heterocycles. The van der Waals surface area contributed by atoms with E-state index in [1.165, 1.54) is 22.3 Å². The summed E-state index contributed by atoms with van der Waals surface area (Å²) < 4.78 is 0. The minimum Gasteiger partial charge on any atom is -0.299 e. The molecule has 0 saturated heterocycles. The number of ketones is 1. The van der Waals surface area contributed by atoms with Crippen molar-refractivity contribution in [1.82, 2.24) is 0 Å². The summed E-state index contributed by atoms with van der Waals surface area (Å²) in [5, 5.41) is 0. The van der Waals surface area contributed by atoms with Crippen molar-refractivity contribution in [2.75, 3.05) is 0 Å². The Hall–Kier alpha value is -1.89. The maximum atomic E-state index is 12.8. The van der Waals surface area contributed by atoms with E-state index in [1.54, 1.807) is 0 Å². The Labute approximate surface area is 119 Å². The van der Waals surface area contributed by atoms with Crippen LogP contribution in [0.1, 0.15) is 22.3 Å². The minimum atomic E-state index is 0.215. The molecule has 2 aliphatic carbocycles. The molecule has 0 aliphatic heterocycles. The largest absolute Gasteiger partial charge is 0.299 e. The third kappa shape index (κ3) is 1.89.